The summed E-state index contributed by atoms with van der Waals surface area (Å²) in [5.74, 6) is 2.45. The first-order chi connectivity index (χ1) is 10.3. The van der Waals surface area contributed by atoms with Crippen LogP contribution in [0.15, 0.2) is 28.7 Å². The van der Waals surface area contributed by atoms with Gasteiger partial charge in [-0.25, -0.2) is 0 Å². The van der Waals surface area contributed by atoms with E-state index in [0.717, 1.165) is 29.6 Å². The van der Waals surface area contributed by atoms with Gasteiger partial charge in [0, 0.05) is 22.7 Å². The van der Waals surface area contributed by atoms with Crippen LogP contribution in [0.25, 0.3) is 11.0 Å². The summed E-state index contributed by atoms with van der Waals surface area (Å²) in [6.45, 7) is 5.53. The largest absolute Gasteiger partial charge is 0.459 e. The monoisotopic (exact) mass is 303 g/mol. The first-order valence-corrected chi connectivity index (χ1v) is 9.19. The normalized spacial score (nSPS) is 20.8. The number of fused-ring (bicyclic) bond motifs is 1. The lowest BCUT2D eigenvalue weighted by Gasteiger charge is -2.23. The highest BCUT2D eigenvalue weighted by Crippen LogP contribution is 2.31. The van der Waals surface area contributed by atoms with E-state index in [1.54, 1.807) is 0 Å². The lowest BCUT2D eigenvalue weighted by Crippen LogP contribution is -2.29. The minimum absolute atomic E-state index is 0.287. The number of hydrogen-bond donors (Lipinski definition) is 1. The lowest BCUT2D eigenvalue weighted by molar-refractivity contribution is 0.441. The van der Waals surface area contributed by atoms with Gasteiger partial charge in [0.15, 0.2) is 0 Å². The van der Waals surface area contributed by atoms with Crippen molar-refractivity contribution in [3.63, 3.8) is 0 Å². The summed E-state index contributed by atoms with van der Waals surface area (Å²) in [6, 6.07) is 8.67. The van der Waals surface area contributed by atoms with Crippen molar-refractivity contribution in [3.8, 4) is 0 Å². The molecule has 3 rings (SSSR count). The fraction of sp³-hybridized carbons (Fsp3) is 0.556. The summed E-state index contributed by atoms with van der Waals surface area (Å²) >= 11 is 2.12. The van der Waals surface area contributed by atoms with Crippen LogP contribution in [-0.4, -0.2) is 17.5 Å². The average Bonchev–Trinajstić information content (AvgIpc) is 2.92. The zero-order valence-electron chi connectivity index (χ0n) is 13.0. The third-order valence-corrected chi connectivity index (χ3v) is 5.80. The van der Waals surface area contributed by atoms with Gasteiger partial charge in [-0.1, -0.05) is 31.5 Å². The Morgan fingerprint density at radius 3 is 2.95 bits per heavy atom. The SMILES string of the molecule is CCc1c(C(C)NCC2CCCCS2)oc2ccccc12. The van der Waals surface area contributed by atoms with E-state index in [1.807, 2.05) is 6.07 Å². The molecule has 1 saturated heterocycles. The lowest BCUT2D eigenvalue weighted by atomic mass is 10.0. The van der Waals surface area contributed by atoms with E-state index < -0.39 is 0 Å². The molecule has 2 unspecified atom stereocenters. The van der Waals surface area contributed by atoms with E-state index in [9.17, 15) is 0 Å². The van der Waals surface area contributed by atoms with E-state index >= 15 is 0 Å². The van der Waals surface area contributed by atoms with Crippen LogP contribution in [-0.2, 0) is 6.42 Å². The first kappa shape index (κ1) is 15.0. The molecule has 1 fully saturated rings. The van der Waals surface area contributed by atoms with E-state index in [2.05, 4.69) is 49.1 Å². The molecule has 2 heterocycles. The van der Waals surface area contributed by atoms with Crippen molar-refractivity contribution in [2.24, 2.45) is 0 Å². The minimum atomic E-state index is 0.287. The number of aryl methyl sites for hydroxylation is 1. The standard InChI is InChI=1S/C18H25NOS/c1-3-15-16-9-4-5-10-17(16)20-18(15)13(2)19-12-14-8-6-7-11-21-14/h4-5,9-10,13-14,19H,3,6-8,11-12H2,1-2H3. The summed E-state index contributed by atoms with van der Waals surface area (Å²) in [4.78, 5) is 0. The molecule has 2 atom stereocenters. The number of rotatable bonds is 5. The molecule has 0 radical (unpaired) electrons. The Bertz CT molecular complexity index is 586. The van der Waals surface area contributed by atoms with E-state index in [1.165, 1.54) is 36.0 Å². The van der Waals surface area contributed by atoms with Gasteiger partial charge in [-0.05, 0) is 38.0 Å². The number of thioether (sulfide) groups is 1. The van der Waals surface area contributed by atoms with Gasteiger partial charge in [-0.2, -0.15) is 11.8 Å². The Hall–Kier alpha value is -0.930. The van der Waals surface area contributed by atoms with Crippen LogP contribution in [0.2, 0.25) is 0 Å². The van der Waals surface area contributed by atoms with Gasteiger partial charge in [0.05, 0.1) is 6.04 Å². The van der Waals surface area contributed by atoms with E-state index in [0.29, 0.717) is 0 Å². The van der Waals surface area contributed by atoms with Crippen molar-refractivity contribution in [1.29, 1.82) is 0 Å². The third-order valence-electron chi connectivity index (χ3n) is 4.40. The minimum Gasteiger partial charge on any atom is -0.459 e. The molecule has 0 bridgehead atoms. The van der Waals surface area contributed by atoms with Crippen molar-refractivity contribution < 1.29 is 4.42 Å². The fourth-order valence-electron chi connectivity index (χ4n) is 3.20. The zero-order valence-corrected chi connectivity index (χ0v) is 13.8. The van der Waals surface area contributed by atoms with Crippen LogP contribution in [0, 0.1) is 0 Å². The second kappa shape index (κ2) is 6.89. The van der Waals surface area contributed by atoms with Gasteiger partial charge in [0.2, 0.25) is 0 Å². The van der Waals surface area contributed by atoms with Crippen molar-refractivity contribution >= 4 is 22.7 Å². The zero-order chi connectivity index (χ0) is 14.7. The van der Waals surface area contributed by atoms with Gasteiger partial charge >= 0.3 is 0 Å². The summed E-state index contributed by atoms with van der Waals surface area (Å²) in [7, 11) is 0. The number of nitrogens with one attached hydrogen (secondary N) is 1. The Kier molecular flexibility index (Phi) is 4.91. The molecular weight excluding hydrogens is 278 g/mol. The molecule has 3 heteroatoms. The topological polar surface area (TPSA) is 25.2 Å². The molecule has 1 aromatic heterocycles. The van der Waals surface area contributed by atoms with Gasteiger partial charge < -0.3 is 9.73 Å². The molecule has 0 amide bonds. The van der Waals surface area contributed by atoms with E-state index in [-0.39, 0.29) is 6.04 Å². The summed E-state index contributed by atoms with van der Waals surface area (Å²) in [5, 5.41) is 5.74. The maximum atomic E-state index is 6.12. The van der Waals surface area contributed by atoms with Gasteiger partial charge in [-0.15, -0.1) is 0 Å². The highest BCUT2D eigenvalue weighted by Gasteiger charge is 2.20. The van der Waals surface area contributed by atoms with Crippen LogP contribution < -0.4 is 5.32 Å². The molecule has 21 heavy (non-hydrogen) atoms. The second-order valence-corrected chi connectivity index (χ2v) is 7.32. The molecule has 1 N–H and O–H groups in total. The third kappa shape index (κ3) is 3.29. The second-order valence-electron chi connectivity index (χ2n) is 5.91. The number of para-hydroxylation sites is 1. The molecule has 1 aliphatic heterocycles. The molecule has 114 valence electrons. The average molecular weight is 303 g/mol. The van der Waals surface area contributed by atoms with Crippen LogP contribution >= 0.6 is 11.8 Å². The van der Waals surface area contributed by atoms with Crippen molar-refractivity contribution in [3.05, 3.63) is 35.6 Å². The van der Waals surface area contributed by atoms with Gasteiger partial charge in [0.1, 0.15) is 11.3 Å². The Morgan fingerprint density at radius 2 is 2.19 bits per heavy atom. The van der Waals surface area contributed by atoms with Crippen molar-refractivity contribution in [2.45, 2.75) is 50.8 Å². The molecule has 0 spiro atoms. The molecular formula is C18H25NOS. The van der Waals surface area contributed by atoms with Crippen LogP contribution in [0.3, 0.4) is 0 Å². The number of benzene rings is 1. The smallest absolute Gasteiger partial charge is 0.134 e. The van der Waals surface area contributed by atoms with Crippen LogP contribution in [0.4, 0.5) is 0 Å². The summed E-state index contributed by atoms with van der Waals surface area (Å²) in [6.07, 6.45) is 5.15. The summed E-state index contributed by atoms with van der Waals surface area (Å²) < 4.78 is 6.12. The molecule has 1 aromatic carbocycles. The molecule has 1 aliphatic rings. The predicted octanol–water partition coefficient (Wildman–Crippen LogP) is 4.93. The summed E-state index contributed by atoms with van der Waals surface area (Å²) in [5.41, 5.74) is 2.38. The fourth-order valence-corrected chi connectivity index (χ4v) is 4.45. The Balaban J connectivity index is 1.72. The van der Waals surface area contributed by atoms with Crippen molar-refractivity contribution in [1.82, 2.24) is 5.32 Å². The highest BCUT2D eigenvalue weighted by molar-refractivity contribution is 7.99. The van der Waals surface area contributed by atoms with Gasteiger partial charge in [0.25, 0.3) is 0 Å². The first-order valence-electron chi connectivity index (χ1n) is 8.15. The number of hydrogen-bond acceptors (Lipinski definition) is 3. The van der Waals surface area contributed by atoms with Crippen molar-refractivity contribution in [2.75, 3.05) is 12.3 Å². The van der Waals surface area contributed by atoms with Crippen LogP contribution in [0.1, 0.15) is 50.5 Å². The maximum Gasteiger partial charge on any atom is 0.134 e. The Morgan fingerprint density at radius 1 is 1.33 bits per heavy atom. The Labute approximate surface area is 131 Å². The number of furan rings is 1. The molecule has 0 saturated carbocycles. The highest BCUT2D eigenvalue weighted by atomic mass is 32.2. The quantitative estimate of drug-likeness (QED) is 0.847. The molecule has 0 aliphatic carbocycles. The maximum absolute atomic E-state index is 6.12. The molecule has 2 nitrogen and oxygen atoms in total. The van der Waals surface area contributed by atoms with E-state index in [4.69, 9.17) is 4.42 Å². The molecule has 2 aromatic rings. The van der Waals surface area contributed by atoms with Gasteiger partial charge in [-0.3, -0.25) is 0 Å². The van der Waals surface area contributed by atoms with Crippen LogP contribution in [0.5, 0.6) is 0 Å². The predicted molar refractivity (Wildman–Crippen MR) is 92.1 cm³/mol.